The largest absolute Gasteiger partial charge is 0.364 e. The second-order valence-corrected chi connectivity index (χ2v) is 7.37. The number of hydrogen-bond acceptors (Lipinski definition) is 4. The summed E-state index contributed by atoms with van der Waals surface area (Å²) in [6.07, 6.45) is 4.94. The zero-order valence-corrected chi connectivity index (χ0v) is 17.7. The van der Waals surface area contributed by atoms with Gasteiger partial charge >= 0.3 is 0 Å². The predicted octanol–water partition coefficient (Wildman–Crippen LogP) is 3.74. The van der Waals surface area contributed by atoms with E-state index in [2.05, 4.69) is 9.97 Å². The van der Waals surface area contributed by atoms with Gasteiger partial charge in [0.2, 0.25) is 0 Å². The molecule has 3 N–H and O–H groups in total. The summed E-state index contributed by atoms with van der Waals surface area (Å²) in [4.78, 5) is 22.7. The van der Waals surface area contributed by atoms with Crippen molar-refractivity contribution in [3.63, 3.8) is 0 Å². The molecule has 2 saturated heterocycles. The van der Waals surface area contributed by atoms with E-state index in [0.717, 1.165) is 49.3 Å². The molecule has 0 bridgehead atoms. The summed E-state index contributed by atoms with van der Waals surface area (Å²) in [5.41, 5.74) is 7.61. The standard InChI is InChI=1S/C19H23ClN4O2.2ClH/c20-13-5-3-12(4-6-13)15-11-22-18(23-15)16-2-1-9-24(16)19(25)17-8-7-14(10-21)26-17;;/h3-6,11,14,16-17H,1-2,7-10,21H2,(H,22,23);2*1H/t14-,16?,17+;;/m1../s1. The number of rotatable bonds is 4. The molecule has 0 radical (unpaired) electrons. The summed E-state index contributed by atoms with van der Waals surface area (Å²) in [6, 6.07) is 7.60. The average molecular weight is 448 g/mol. The van der Waals surface area contributed by atoms with Crippen LogP contribution in [-0.2, 0) is 9.53 Å². The van der Waals surface area contributed by atoms with Crippen LogP contribution in [0.1, 0.15) is 37.5 Å². The number of likely N-dealkylation sites (tertiary alicyclic amines) is 1. The van der Waals surface area contributed by atoms with E-state index in [1.54, 1.807) is 0 Å². The Morgan fingerprint density at radius 1 is 1.25 bits per heavy atom. The lowest BCUT2D eigenvalue weighted by molar-refractivity contribution is -0.143. The van der Waals surface area contributed by atoms with Crippen LogP contribution in [0, 0.1) is 0 Å². The summed E-state index contributed by atoms with van der Waals surface area (Å²) in [5, 5.41) is 0.702. The highest BCUT2D eigenvalue weighted by Gasteiger charge is 2.39. The smallest absolute Gasteiger partial charge is 0.252 e. The molecule has 1 unspecified atom stereocenters. The third kappa shape index (κ3) is 4.63. The number of carbonyl (C=O) groups excluding carboxylic acids is 1. The van der Waals surface area contributed by atoms with Crippen molar-refractivity contribution in [2.24, 2.45) is 5.73 Å². The first-order valence-electron chi connectivity index (χ1n) is 9.12. The molecule has 6 nitrogen and oxygen atoms in total. The minimum atomic E-state index is -0.366. The van der Waals surface area contributed by atoms with Gasteiger partial charge in [-0.25, -0.2) is 4.98 Å². The average Bonchev–Trinajstić information content (AvgIpc) is 3.40. The van der Waals surface area contributed by atoms with Gasteiger partial charge in [0, 0.05) is 18.1 Å². The molecule has 0 aliphatic carbocycles. The van der Waals surface area contributed by atoms with E-state index in [9.17, 15) is 4.79 Å². The van der Waals surface area contributed by atoms with Crippen LogP contribution in [0.2, 0.25) is 5.02 Å². The molecular weight excluding hydrogens is 423 g/mol. The Labute approximate surface area is 182 Å². The summed E-state index contributed by atoms with van der Waals surface area (Å²) in [5.74, 6) is 0.891. The van der Waals surface area contributed by atoms with E-state index in [4.69, 9.17) is 22.1 Å². The Morgan fingerprint density at radius 2 is 2.00 bits per heavy atom. The number of nitrogens with two attached hydrogens (primary N) is 1. The number of halogens is 3. The van der Waals surface area contributed by atoms with Crippen LogP contribution >= 0.6 is 36.4 Å². The molecular formula is C19H25Cl3N4O2. The Hall–Kier alpha value is -1.31. The minimum Gasteiger partial charge on any atom is -0.364 e. The Morgan fingerprint density at radius 3 is 2.68 bits per heavy atom. The molecule has 0 saturated carbocycles. The highest BCUT2D eigenvalue weighted by atomic mass is 35.5. The van der Waals surface area contributed by atoms with Crippen molar-refractivity contribution in [3.05, 3.63) is 41.3 Å². The molecule has 28 heavy (non-hydrogen) atoms. The van der Waals surface area contributed by atoms with Gasteiger partial charge in [-0.3, -0.25) is 4.79 Å². The third-order valence-corrected chi connectivity index (χ3v) is 5.50. The van der Waals surface area contributed by atoms with Crippen molar-refractivity contribution in [1.82, 2.24) is 14.9 Å². The maximum Gasteiger partial charge on any atom is 0.252 e. The number of aromatic nitrogens is 2. The van der Waals surface area contributed by atoms with Crippen molar-refractivity contribution >= 4 is 42.3 Å². The van der Waals surface area contributed by atoms with E-state index < -0.39 is 0 Å². The Kier molecular flexibility index (Phi) is 8.16. The van der Waals surface area contributed by atoms with Gasteiger partial charge < -0.3 is 20.4 Å². The molecule has 3 heterocycles. The van der Waals surface area contributed by atoms with Crippen molar-refractivity contribution < 1.29 is 9.53 Å². The second-order valence-electron chi connectivity index (χ2n) is 6.94. The second kappa shape index (κ2) is 9.94. The number of amides is 1. The fraction of sp³-hybridized carbons (Fsp3) is 0.474. The van der Waals surface area contributed by atoms with Crippen LogP contribution in [0.5, 0.6) is 0 Å². The summed E-state index contributed by atoms with van der Waals surface area (Å²) >= 11 is 5.96. The molecule has 3 atom stereocenters. The molecule has 2 aliphatic heterocycles. The van der Waals surface area contributed by atoms with Crippen LogP contribution in [-0.4, -0.2) is 46.1 Å². The van der Waals surface area contributed by atoms with Crippen molar-refractivity contribution in [2.45, 2.75) is 43.9 Å². The first-order chi connectivity index (χ1) is 12.7. The molecule has 2 aromatic rings. The molecule has 1 aromatic carbocycles. The number of benzene rings is 1. The number of aromatic amines is 1. The first kappa shape index (κ1) is 23.0. The highest BCUT2D eigenvalue weighted by Crippen LogP contribution is 2.34. The lowest BCUT2D eigenvalue weighted by Crippen LogP contribution is -2.39. The van der Waals surface area contributed by atoms with Gasteiger partial charge in [0.25, 0.3) is 5.91 Å². The summed E-state index contributed by atoms with van der Waals surface area (Å²) in [7, 11) is 0. The number of hydrogen-bond donors (Lipinski definition) is 2. The zero-order chi connectivity index (χ0) is 18.1. The maximum absolute atomic E-state index is 12.9. The first-order valence-corrected chi connectivity index (χ1v) is 9.50. The third-order valence-electron chi connectivity index (χ3n) is 5.25. The van der Waals surface area contributed by atoms with E-state index in [1.165, 1.54) is 0 Å². The molecule has 1 amide bonds. The zero-order valence-electron chi connectivity index (χ0n) is 15.3. The van der Waals surface area contributed by atoms with E-state index in [-0.39, 0.29) is 49.0 Å². The van der Waals surface area contributed by atoms with Crippen LogP contribution < -0.4 is 5.73 Å². The SMILES string of the molecule is Cl.Cl.NC[C@H]1CC[C@@H](C(=O)N2CCCC2c2ncc(-c3ccc(Cl)cc3)[nH]2)O1. The number of imidazole rings is 1. The van der Waals surface area contributed by atoms with E-state index in [1.807, 2.05) is 35.4 Å². The monoisotopic (exact) mass is 446 g/mol. The number of ether oxygens (including phenoxy) is 1. The molecule has 1 aromatic heterocycles. The van der Waals surface area contributed by atoms with Crippen molar-refractivity contribution in [3.8, 4) is 11.3 Å². The number of nitrogens with one attached hydrogen (secondary N) is 1. The molecule has 4 rings (SSSR count). The number of carbonyl (C=O) groups is 1. The predicted molar refractivity (Wildman–Crippen MR) is 114 cm³/mol. The highest BCUT2D eigenvalue weighted by molar-refractivity contribution is 6.30. The van der Waals surface area contributed by atoms with Gasteiger partial charge in [-0.05, 0) is 43.4 Å². The molecule has 154 valence electrons. The Balaban J connectivity index is 0.00000140. The van der Waals surface area contributed by atoms with Crippen LogP contribution in [0.15, 0.2) is 30.5 Å². The minimum absolute atomic E-state index is 0. The van der Waals surface area contributed by atoms with Crippen molar-refractivity contribution in [1.29, 1.82) is 0 Å². The molecule has 9 heteroatoms. The number of H-pyrrole nitrogens is 1. The topological polar surface area (TPSA) is 84.2 Å². The summed E-state index contributed by atoms with van der Waals surface area (Å²) in [6.45, 7) is 1.21. The lowest BCUT2D eigenvalue weighted by Gasteiger charge is -2.26. The van der Waals surface area contributed by atoms with Gasteiger partial charge in [0.05, 0.1) is 24.0 Å². The van der Waals surface area contributed by atoms with E-state index >= 15 is 0 Å². The molecule has 2 fully saturated rings. The lowest BCUT2D eigenvalue weighted by atomic mass is 10.1. The normalized spacial score (nSPS) is 23.9. The van der Waals surface area contributed by atoms with Gasteiger partial charge in [0.15, 0.2) is 0 Å². The van der Waals surface area contributed by atoms with Gasteiger partial charge in [-0.15, -0.1) is 24.8 Å². The molecule has 2 aliphatic rings. The Bertz CT molecular complexity index is 784. The van der Waals surface area contributed by atoms with E-state index in [0.29, 0.717) is 11.6 Å². The van der Waals surface area contributed by atoms with Gasteiger partial charge in [0.1, 0.15) is 11.9 Å². The van der Waals surface area contributed by atoms with Crippen molar-refractivity contribution in [2.75, 3.05) is 13.1 Å². The number of nitrogens with zero attached hydrogens (tertiary/aromatic N) is 2. The van der Waals surface area contributed by atoms with Crippen LogP contribution in [0.25, 0.3) is 11.3 Å². The van der Waals surface area contributed by atoms with Crippen LogP contribution in [0.4, 0.5) is 0 Å². The van der Waals surface area contributed by atoms with Gasteiger partial charge in [-0.2, -0.15) is 0 Å². The quantitative estimate of drug-likeness (QED) is 0.747. The molecule has 0 spiro atoms. The van der Waals surface area contributed by atoms with Crippen LogP contribution in [0.3, 0.4) is 0 Å². The maximum atomic E-state index is 12.9. The fourth-order valence-corrected chi connectivity index (χ4v) is 3.97. The fourth-order valence-electron chi connectivity index (χ4n) is 3.84. The summed E-state index contributed by atoms with van der Waals surface area (Å²) < 4.78 is 5.80. The van der Waals surface area contributed by atoms with Gasteiger partial charge in [-0.1, -0.05) is 23.7 Å².